The molecular formula is C31H47NO10. The monoisotopic (exact) mass is 593 g/mol. The molecular weight excluding hydrogens is 546 g/mol. The summed E-state index contributed by atoms with van der Waals surface area (Å²) in [5, 5.41) is 12.8. The van der Waals surface area contributed by atoms with Crippen molar-refractivity contribution >= 4 is 24.2 Å². The van der Waals surface area contributed by atoms with Gasteiger partial charge < -0.3 is 34.1 Å². The summed E-state index contributed by atoms with van der Waals surface area (Å²) in [5.41, 5.74) is -1.09. The number of hydrogen-bond donors (Lipinski definition) is 2. The molecule has 1 aliphatic carbocycles. The lowest BCUT2D eigenvalue weighted by atomic mass is 9.89. The molecule has 1 aromatic carbocycles. The molecule has 2 rings (SSSR count). The molecule has 0 radical (unpaired) electrons. The predicted molar refractivity (Wildman–Crippen MR) is 155 cm³/mol. The first kappa shape index (κ1) is 34.9. The van der Waals surface area contributed by atoms with Crippen LogP contribution in [-0.4, -0.2) is 59.2 Å². The minimum absolute atomic E-state index is 0.00191. The summed E-state index contributed by atoms with van der Waals surface area (Å²) in [6, 6.07) is 3.34. The van der Waals surface area contributed by atoms with E-state index in [1.165, 1.54) is 12.1 Å². The number of carbonyl (C=O) groups is 4. The van der Waals surface area contributed by atoms with Crippen LogP contribution < -0.4 is 14.8 Å². The molecule has 236 valence electrons. The van der Waals surface area contributed by atoms with Gasteiger partial charge in [-0.05, 0) is 84.4 Å². The lowest BCUT2D eigenvalue weighted by Crippen LogP contribution is -2.43. The number of benzene rings is 1. The zero-order chi connectivity index (χ0) is 31.5. The van der Waals surface area contributed by atoms with Gasteiger partial charge in [0.25, 0.3) is 0 Å². The molecule has 0 bridgehead atoms. The van der Waals surface area contributed by atoms with Crippen molar-refractivity contribution in [1.29, 1.82) is 0 Å². The second-order valence-electron chi connectivity index (χ2n) is 12.0. The van der Waals surface area contributed by atoms with E-state index in [4.69, 9.17) is 23.7 Å². The van der Waals surface area contributed by atoms with Gasteiger partial charge in [-0.3, -0.25) is 9.59 Å². The van der Waals surface area contributed by atoms with Crippen LogP contribution in [-0.2, 0) is 30.2 Å². The maximum Gasteiger partial charge on any atom is 0.514 e. The molecule has 2 N–H and O–H groups in total. The number of aliphatic carboxylic acids is 1. The Bertz CT molecular complexity index is 1080. The summed E-state index contributed by atoms with van der Waals surface area (Å²) >= 11 is 0. The highest BCUT2D eigenvalue weighted by molar-refractivity contribution is 5.74. The highest BCUT2D eigenvalue weighted by Gasteiger charge is 2.28. The van der Waals surface area contributed by atoms with Crippen molar-refractivity contribution in [3.05, 3.63) is 23.8 Å². The van der Waals surface area contributed by atoms with Crippen LogP contribution in [0.1, 0.15) is 99.0 Å². The minimum Gasteiger partial charge on any atom is -0.480 e. The van der Waals surface area contributed by atoms with Crippen LogP contribution in [0.2, 0.25) is 0 Å². The fourth-order valence-corrected chi connectivity index (χ4v) is 4.13. The summed E-state index contributed by atoms with van der Waals surface area (Å²) in [5.74, 6) is -1.68. The van der Waals surface area contributed by atoms with Crippen molar-refractivity contribution in [2.75, 3.05) is 6.54 Å². The van der Waals surface area contributed by atoms with Crippen LogP contribution in [0.4, 0.5) is 9.59 Å². The van der Waals surface area contributed by atoms with Crippen molar-refractivity contribution in [1.82, 2.24) is 5.32 Å². The van der Waals surface area contributed by atoms with Crippen LogP contribution in [0.5, 0.6) is 11.5 Å². The first-order valence-corrected chi connectivity index (χ1v) is 14.8. The zero-order valence-corrected chi connectivity index (χ0v) is 25.9. The standard InChI is InChI=1S/C31H47NO10/c1-8-30(4,5)41-28(36)39-24-16-15-21(18-25(24)40-29(37)42-31(6,7)9-2)17-23(26(33)34)32-19-20(3)38-27(35)22-13-11-10-12-14-22/h15-16,18,20,22-23,32H,8-14,17,19H2,1-7H3,(H,33,34)/t20?,23-/m0/s1. The third-order valence-corrected chi connectivity index (χ3v) is 7.46. The molecule has 11 heteroatoms. The number of nitrogens with one attached hydrogen (secondary N) is 1. The molecule has 11 nitrogen and oxygen atoms in total. The normalized spacial score (nSPS) is 15.7. The first-order chi connectivity index (χ1) is 19.6. The van der Waals surface area contributed by atoms with Gasteiger partial charge in [0.15, 0.2) is 11.5 Å². The third-order valence-electron chi connectivity index (χ3n) is 7.46. The second-order valence-corrected chi connectivity index (χ2v) is 12.0. The highest BCUT2D eigenvalue weighted by Crippen LogP contribution is 2.31. The fraction of sp³-hybridized carbons (Fsp3) is 0.677. The SMILES string of the molecule is CCC(C)(C)OC(=O)Oc1ccc(C[C@H](NCC(C)OC(=O)C2CCCCC2)C(=O)O)cc1OC(=O)OC(C)(C)CC. The van der Waals surface area contributed by atoms with E-state index in [2.05, 4.69) is 5.32 Å². The Morgan fingerprint density at radius 3 is 1.98 bits per heavy atom. The lowest BCUT2D eigenvalue weighted by Gasteiger charge is -2.24. The van der Waals surface area contributed by atoms with E-state index in [0.717, 1.165) is 32.1 Å². The van der Waals surface area contributed by atoms with E-state index in [0.29, 0.717) is 18.4 Å². The van der Waals surface area contributed by atoms with Gasteiger partial charge in [-0.25, -0.2) is 9.59 Å². The topological polar surface area (TPSA) is 147 Å². The largest absolute Gasteiger partial charge is 0.514 e. The summed E-state index contributed by atoms with van der Waals surface area (Å²) in [6.45, 7) is 12.5. The summed E-state index contributed by atoms with van der Waals surface area (Å²) in [7, 11) is 0. The van der Waals surface area contributed by atoms with Crippen molar-refractivity contribution in [2.45, 2.75) is 123 Å². The van der Waals surface area contributed by atoms with Crippen LogP contribution in [0.3, 0.4) is 0 Å². The molecule has 0 amide bonds. The van der Waals surface area contributed by atoms with Crippen molar-refractivity contribution < 1.29 is 48.0 Å². The van der Waals surface area contributed by atoms with E-state index in [1.807, 2.05) is 13.8 Å². The smallest absolute Gasteiger partial charge is 0.480 e. The molecule has 1 fully saturated rings. The Hall–Kier alpha value is -3.34. The average Bonchev–Trinajstić information content (AvgIpc) is 2.92. The van der Waals surface area contributed by atoms with Gasteiger partial charge in [-0.15, -0.1) is 0 Å². The van der Waals surface area contributed by atoms with E-state index in [9.17, 15) is 24.3 Å². The summed E-state index contributed by atoms with van der Waals surface area (Å²) < 4.78 is 27.0. The maximum absolute atomic E-state index is 12.6. The van der Waals surface area contributed by atoms with Crippen molar-refractivity contribution in [3.8, 4) is 11.5 Å². The highest BCUT2D eigenvalue weighted by atomic mass is 16.8. The Balaban J connectivity index is 2.15. The molecule has 1 aromatic rings. The molecule has 0 heterocycles. The molecule has 0 aliphatic heterocycles. The Kier molecular flexibility index (Phi) is 13.1. The van der Waals surface area contributed by atoms with Crippen LogP contribution in [0.25, 0.3) is 0 Å². The molecule has 0 spiro atoms. The number of rotatable bonds is 14. The van der Waals surface area contributed by atoms with Gasteiger partial charge in [0.05, 0.1) is 5.92 Å². The van der Waals surface area contributed by atoms with E-state index >= 15 is 0 Å². The number of carbonyl (C=O) groups excluding carboxylic acids is 3. The minimum atomic E-state index is -1.11. The Labute approximate surface area is 248 Å². The quantitative estimate of drug-likeness (QED) is 0.144. The number of carboxylic acid groups (broad SMARTS) is 1. The molecule has 0 aromatic heterocycles. The Morgan fingerprint density at radius 1 is 0.905 bits per heavy atom. The van der Waals surface area contributed by atoms with Gasteiger partial charge in [0.1, 0.15) is 23.3 Å². The third kappa shape index (κ3) is 11.9. The second kappa shape index (κ2) is 15.8. The average molecular weight is 594 g/mol. The molecule has 2 atom stereocenters. The van der Waals surface area contributed by atoms with Gasteiger partial charge >= 0.3 is 24.2 Å². The van der Waals surface area contributed by atoms with Gasteiger partial charge in [0, 0.05) is 6.54 Å². The van der Waals surface area contributed by atoms with Gasteiger partial charge in [-0.2, -0.15) is 0 Å². The predicted octanol–water partition coefficient (Wildman–Crippen LogP) is 6.19. The van der Waals surface area contributed by atoms with Crippen LogP contribution in [0, 0.1) is 5.92 Å². The number of ether oxygens (including phenoxy) is 5. The van der Waals surface area contributed by atoms with Crippen molar-refractivity contribution in [3.63, 3.8) is 0 Å². The number of esters is 1. The van der Waals surface area contributed by atoms with Crippen molar-refractivity contribution in [2.24, 2.45) is 5.92 Å². The zero-order valence-electron chi connectivity index (χ0n) is 25.9. The lowest BCUT2D eigenvalue weighted by molar-refractivity contribution is -0.154. The van der Waals surface area contributed by atoms with Crippen LogP contribution in [0.15, 0.2) is 18.2 Å². The summed E-state index contributed by atoms with van der Waals surface area (Å²) in [4.78, 5) is 49.5. The fourth-order valence-electron chi connectivity index (χ4n) is 4.13. The molecule has 0 saturated heterocycles. The molecule has 1 unspecified atom stereocenters. The maximum atomic E-state index is 12.6. The summed E-state index contributed by atoms with van der Waals surface area (Å²) in [6.07, 6.45) is 3.34. The Morgan fingerprint density at radius 2 is 1.45 bits per heavy atom. The molecule has 42 heavy (non-hydrogen) atoms. The molecule has 1 saturated carbocycles. The van der Waals surface area contributed by atoms with E-state index in [-0.39, 0.29) is 36.4 Å². The first-order valence-electron chi connectivity index (χ1n) is 14.8. The van der Waals surface area contributed by atoms with Crippen LogP contribution >= 0.6 is 0 Å². The van der Waals surface area contributed by atoms with Gasteiger partial charge in [0.2, 0.25) is 0 Å². The number of carboxylic acids is 1. The van der Waals surface area contributed by atoms with E-state index < -0.39 is 41.6 Å². The van der Waals surface area contributed by atoms with E-state index in [1.54, 1.807) is 40.7 Å². The molecule has 1 aliphatic rings. The van der Waals surface area contributed by atoms with Gasteiger partial charge in [-0.1, -0.05) is 39.2 Å². The number of hydrogen-bond acceptors (Lipinski definition) is 10.